The third-order valence-corrected chi connectivity index (χ3v) is 4.47. The highest BCUT2D eigenvalue weighted by Crippen LogP contribution is 2.29. The maximum atomic E-state index is 12.5. The molecule has 7 nitrogen and oxygen atoms in total. The fourth-order valence-electron chi connectivity index (χ4n) is 1.71. The van der Waals surface area contributed by atoms with Crippen molar-refractivity contribution in [3.8, 4) is 10.8 Å². The molecular weight excluding hydrogens is 324 g/mol. The van der Waals surface area contributed by atoms with E-state index in [1.54, 1.807) is 0 Å². The van der Waals surface area contributed by atoms with Gasteiger partial charge in [0.2, 0.25) is 10.0 Å². The van der Waals surface area contributed by atoms with Gasteiger partial charge < -0.3 is 0 Å². The molecule has 0 fully saturated rings. The maximum absolute atomic E-state index is 12.5. The first-order valence-electron chi connectivity index (χ1n) is 5.48. The van der Waals surface area contributed by atoms with Crippen molar-refractivity contribution in [2.45, 2.75) is 11.3 Å². The van der Waals surface area contributed by atoms with Crippen LogP contribution in [0.15, 0.2) is 29.4 Å². The Bertz CT molecular complexity index is 919. The lowest BCUT2D eigenvalue weighted by atomic mass is 10.4. The summed E-state index contributed by atoms with van der Waals surface area (Å²) < 4.78 is 49.2. The molecule has 0 bridgehead atoms. The van der Waals surface area contributed by atoms with Crippen LogP contribution in [0.5, 0.6) is 0 Å². The highest BCUT2D eigenvalue weighted by Gasteiger charge is 2.18. The van der Waals surface area contributed by atoms with Crippen molar-refractivity contribution in [1.82, 2.24) is 19.6 Å². The summed E-state index contributed by atoms with van der Waals surface area (Å²) in [5.41, 5.74) is 0.575. The molecule has 21 heavy (non-hydrogen) atoms. The molecule has 0 unspecified atom stereocenters. The average molecular weight is 331 g/mol. The zero-order valence-corrected chi connectivity index (χ0v) is 11.8. The summed E-state index contributed by atoms with van der Waals surface area (Å²) in [4.78, 5) is 3.93. The fraction of sp³-hybridized carbons (Fsp3) is 0.100. The first kappa shape index (κ1) is 14.0. The number of nitrogens with zero attached hydrogens (tertiary/aromatic N) is 4. The van der Waals surface area contributed by atoms with Crippen LogP contribution in [0, 0.1) is 0 Å². The molecule has 11 heteroatoms. The van der Waals surface area contributed by atoms with E-state index in [0.29, 0.717) is 16.9 Å². The molecule has 0 atom stereocenters. The second kappa shape index (κ2) is 4.79. The predicted molar refractivity (Wildman–Crippen MR) is 70.4 cm³/mol. The van der Waals surface area contributed by atoms with Gasteiger partial charge in [-0.2, -0.15) is 0 Å². The number of sulfonamides is 1. The fourth-order valence-corrected chi connectivity index (χ4v) is 2.91. The van der Waals surface area contributed by atoms with E-state index in [-0.39, 0.29) is 15.7 Å². The van der Waals surface area contributed by atoms with Crippen LogP contribution in [0.1, 0.15) is 11.4 Å². The van der Waals surface area contributed by atoms with Crippen LogP contribution < -0.4 is 5.14 Å². The van der Waals surface area contributed by atoms with Crippen molar-refractivity contribution in [2.75, 3.05) is 0 Å². The number of aromatic nitrogens is 4. The Hall–Kier alpha value is -1.98. The molecule has 0 radical (unpaired) electrons. The highest BCUT2D eigenvalue weighted by molar-refractivity contribution is 7.89. The number of hydrogen-bond donors (Lipinski definition) is 1. The summed E-state index contributed by atoms with van der Waals surface area (Å²) in [5.74, 6) is 0.222. The van der Waals surface area contributed by atoms with E-state index in [0.717, 1.165) is 0 Å². The Kier molecular flexibility index (Phi) is 3.19. The van der Waals surface area contributed by atoms with E-state index in [9.17, 15) is 17.2 Å². The van der Waals surface area contributed by atoms with E-state index in [4.69, 9.17) is 5.14 Å². The molecule has 0 aromatic carbocycles. The van der Waals surface area contributed by atoms with Crippen LogP contribution in [0.25, 0.3) is 16.3 Å². The minimum absolute atomic E-state index is 0.118. The van der Waals surface area contributed by atoms with E-state index < -0.39 is 21.5 Å². The molecule has 3 rings (SSSR count). The number of fused-ring (bicyclic) bond motifs is 1. The van der Waals surface area contributed by atoms with Crippen LogP contribution >= 0.6 is 11.3 Å². The molecule has 0 saturated heterocycles. The van der Waals surface area contributed by atoms with Crippen molar-refractivity contribution in [1.29, 1.82) is 0 Å². The number of nitrogens with two attached hydrogens (primary N) is 1. The van der Waals surface area contributed by atoms with E-state index >= 15 is 0 Å². The van der Waals surface area contributed by atoms with Gasteiger partial charge in [0.15, 0.2) is 15.8 Å². The van der Waals surface area contributed by atoms with Gasteiger partial charge >= 0.3 is 0 Å². The van der Waals surface area contributed by atoms with Crippen LogP contribution in [0.2, 0.25) is 0 Å². The van der Waals surface area contributed by atoms with Crippen molar-refractivity contribution in [3.05, 3.63) is 29.5 Å². The van der Waals surface area contributed by atoms with Gasteiger partial charge in [-0.3, -0.25) is 4.40 Å². The van der Waals surface area contributed by atoms with Gasteiger partial charge in [0, 0.05) is 6.20 Å². The first-order valence-corrected chi connectivity index (χ1v) is 7.84. The number of primary sulfonamides is 1. The van der Waals surface area contributed by atoms with Crippen LogP contribution in [0.4, 0.5) is 8.78 Å². The van der Waals surface area contributed by atoms with Crippen molar-refractivity contribution < 1.29 is 17.2 Å². The number of halogens is 2. The summed E-state index contributed by atoms with van der Waals surface area (Å²) in [5, 5.41) is 11.8. The number of imidazole rings is 1. The molecule has 0 spiro atoms. The van der Waals surface area contributed by atoms with Gasteiger partial charge in [-0.15, -0.1) is 10.2 Å². The lowest BCUT2D eigenvalue weighted by Crippen LogP contribution is -2.12. The predicted octanol–water partition coefficient (Wildman–Crippen LogP) is 1.44. The summed E-state index contributed by atoms with van der Waals surface area (Å²) >= 11 is 0.691. The molecule has 0 aliphatic rings. The smallest absolute Gasteiger partial charge is 0.291 e. The molecule has 110 valence electrons. The Morgan fingerprint density at radius 3 is 2.67 bits per heavy atom. The molecule has 3 heterocycles. The number of alkyl halides is 2. The molecule has 0 saturated carbocycles. The molecule has 3 aromatic rings. The Morgan fingerprint density at radius 2 is 2.05 bits per heavy atom. The summed E-state index contributed by atoms with van der Waals surface area (Å²) in [6.07, 6.45) is 0.00440. The van der Waals surface area contributed by atoms with Crippen molar-refractivity contribution in [2.24, 2.45) is 5.14 Å². The van der Waals surface area contributed by atoms with Crippen LogP contribution in [-0.4, -0.2) is 28.0 Å². The molecule has 0 aliphatic carbocycles. The largest absolute Gasteiger partial charge is 0.296 e. The zero-order chi connectivity index (χ0) is 15.2. The highest BCUT2D eigenvalue weighted by atomic mass is 32.2. The first-order chi connectivity index (χ1) is 9.86. The van der Waals surface area contributed by atoms with E-state index in [1.807, 2.05) is 0 Å². The third kappa shape index (κ3) is 2.50. The Labute approximate surface area is 121 Å². The van der Waals surface area contributed by atoms with Gasteiger partial charge in [0.1, 0.15) is 0 Å². The second-order valence-corrected chi connectivity index (χ2v) is 6.60. The van der Waals surface area contributed by atoms with Gasteiger partial charge in [0.05, 0.1) is 16.6 Å². The monoisotopic (exact) mass is 331 g/mol. The van der Waals surface area contributed by atoms with Gasteiger partial charge in [0.25, 0.3) is 6.43 Å². The van der Waals surface area contributed by atoms with E-state index in [2.05, 4.69) is 15.2 Å². The van der Waals surface area contributed by atoms with Crippen molar-refractivity contribution in [3.63, 3.8) is 0 Å². The minimum atomic E-state index is -3.88. The molecule has 2 N–H and O–H groups in total. The number of pyridine rings is 1. The van der Waals surface area contributed by atoms with Gasteiger partial charge in [-0.25, -0.2) is 27.3 Å². The average Bonchev–Trinajstić information content (AvgIpc) is 3.03. The SMILES string of the molecule is NS(=O)(=O)c1ccc2cnc(-c3nnc(C(F)F)s3)n2c1. The molecular formula is C10H7F2N5O2S2. The van der Waals surface area contributed by atoms with E-state index in [1.165, 1.54) is 28.9 Å². The number of rotatable bonds is 3. The summed E-state index contributed by atoms with van der Waals surface area (Å²) in [7, 11) is -3.88. The minimum Gasteiger partial charge on any atom is -0.296 e. The molecule has 0 aliphatic heterocycles. The normalized spacial score (nSPS) is 12.4. The maximum Gasteiger partial charge on any atom is 0.291 e. The lowest BCUT2D eigenvalue weighted by molar-refractivity contribution is 0.150. The zero-order valence-electron chi connectivity index (χ0n) is 10.1. The third-order valence-electron chi connectivity index (χ3n) is 2.65. The van der Waals surface area contributed by atoms with Crippen LogP contribution in [-0.2, 0) is 10.0 Å². The number of hydrogen-bond acceptors (Lipinski definition) is 6. The Morgan fingerprint density at radius 1 is 1.29 bits per heavy atom. The molecule has 3 aromatic heterocycles. The van der Waals surface area contributed by atoms with Gasteiger partial charge in [-0.1, -0.05) is 11.3 Å². The summed E-state index contributed by atoms with van der Waals surface area (Å²) in [6.45, 7) is 0. The molecule has 0 amide bonds. The van der Waals surface area contributed by atoms with Crippen molar-refractivity contribution >= 4 is 26.9 Å². The quantitative estimate of drug-likeness (QED) is 0.782. The topological polar surface area (TPSA) is 103 Å². The lowest BCUT2D eigenvalue weighted by Gasteiger charge is -2.01. The van der Waals surface area contributed by atoms with Gasteiger partial charge in [-0.05, 0) is 12.1 Å². The Balaban J connectivity index is 2.18. The summed E-state index contributed by atoms with van der Waals surface area (Å²) in [6, 6.07) is 2.84. The van der Waals surface area contributed by atoms with Crippen LogP contribution in [0.3, 0.4) is 0 Å². The standard InChI is InChI=1S/C10H7F2N5O2S2/c11-7(12)9-15-16-10(20-9)8-14-3-5-1-2-6(4-17(5)8)21(13,18)19/h1-4,7H,(H2,13,18,19). The second-order valence-electron chi connectivity index (χ2n) is 4.03.